The lowest BCUT2D eigenvalue weighted by molar-refractivity contribution is -0.0967. The van der Waals surface area contributed by atoms with E-state index in [1.807, 2.05) is 30.5 Å². The van der Waals surface area contributed by atoms with Gasteiger partial charge in [0.05, 0.1) is 35.8 Å². The molecule has 0 N–H and O–H groups in total. The molecule has 0 spiro atoms. The van der Waals surface area contributed by atoms with Crippen molar-refractivity contribution in [1.82, 2.24) is 29.9 Å². The Kier molecular flexibility index (Phi) is 4.81. The summed E-state index contributed by atoms with van der Waals surface area (Å²) in [5.41, 5.74) is 4.54. The van der Waals surface area contributed by atoms with Crippen LogP contribution < -0.4 is 4.90 Å². The van der Waals surface area contributed by atoms with Crippen molar-refractivity contribution in [2.75, 3.05) is 31.1 Å². The first-order valence-corrected chi connectivity index (χ1v) is 11.0. The Morgan fingerprint density at radius 2 is 1.72 bits per heavy atom. The zero-order valence-electron chi connectivity index (χ0n) is 18.0. The maximum absolute atomic E-state index is 6.29. The lowest BCUT2D eigenvalue weighted by Crippen LogP contribution is -2.59. The minimum atomic E-state index is 0.132. The van der Waals surface area contributed by atoms with Crippen LogP contribution in [-0.2, 0) is 11.3 Å². The number of hydrogen-bond donors (Lipinski definition) is 0. The average Bonchev–Trinajstić information content (AvgIpc) is 3.34. The van der Waals surface area contributed by atoms with Gasteiger partial charge in [0.1, 0.15) is 0 Å². The van der Waals surface area contributed by atoms with Gasteiger partial charge in [-0.1, -0.05) is 30.3 Å². The largest absolute Gasteiger partial charge is 0.369 e. The normalized spacial score (nSPS) is 21.2. The molecule has 4 aromatic rings. The fourth-order valence-electron chi connectivity index (χ4n) is 4.83. The first-order chi connectivity index (χ1) is 15.7. The number of nitrogens with zero attached hydrogens (tertiary/aromatic N) is 7. The van der Waals surface area contributed by atoms with E-state index < -0.39 is 0 Å². The molecule has 8 nitrogen and oxygen atoms in total. The molecule has 2 aliphatic heterocycles. The summed E-state index contributed by atoms with van der Waals surface area (Å²) in [6.07, 6.45) is 5.61. The van der Waals surface area contributed by atoms with Crippen molar-refractivity contribution >= 4 is 16.9 Å². The molecule has 4 heterocycles. The molecule has 2 aromatic heterocycles. The van der Waals surface area contributed by atoms with E-state index >= 15 is 0 Å². The first-order valence-electron chi connectivity index (χ1n) is 11.0. The standard InChI is InChI=1S/C24H25N7O/c1-17-5-4-8-23(31-26-9-10-27-31)21(17)16-29-12-19-14-30(15-20(13-29)32-19)24-25-11-18-6-2-3-7-22(18)28-24/h2-11,19-20H,12-16H2,1H3. The molecule has 0 radical (unpaired) electrons. The highest BCUT2D eigenvalue weighted by Crippen LogP contribution is 2.26. The zero-order chi connectivity index (χ0) is 21.5. The molecule has 2 bridgehead atoms. The van der Waals surface area contributed by atoms with Crippen LogP contribution in [0.25, 0.3) is 16.6 Å². The van der Waals surface area contributed by atoms with Crippen molar-refractivity contribution in [3.8, 4) is 5.69 Å². The summed E-state index contributed by atoms with van der Waals surface area (Å²) in [7, 11) is 0. The second-order valence-electron chi connectivity index (χ2n) is 8.60. The Bertz CT molecular complexity index is 1230. The lowest BCUT2D eigenvalue weighted by Gasteiger charge is -2.46. The van der Waals surface area contributed by atoms with Gasteiger partial charge in [-0.15, -0.1) is 0 Å². The minimum Gasteiger partial charge on any atom is -0.369 e. The molecule has 0 amide bonds. The molecule has 2 atom stereocenters. The van der Waals surface area contributed by atoms with E-state index in [1.165, 1.54) is 11.1 Å². The number of hydrogen-bond acceptors (Lipinski definition) is 7. The third kappa shape index (κ3) is 3.61. The summed E-state index contributed by atoms with van der Waals surface area (Å²) in [6.45, 7) is 6.36. The van der Waals surface area contributed by atoms with Gasteiger partial charge in [0.15, 0.2) is 0 Å². The van der Waals surface area contributed by atoms with Gasteiger partial charge in [0.25, 0.3) is 0 Å². The number of anilines is 1. The van der Waals surface area contributed by atoms with Gasteiger partial charge < -0.3 is 9.64 Å². The van der Waals surface area contributed by atoms with E-state index in [0.717, 1.165) is 55.3 Å². The molecule has 2 aromatic carbocycles. The lowest BCUT2D eigenvalue weighted by atomic mass is 10.0. The SMILES string of the molecule is Cc1cccc(-n2nccn2)c1CN1CC2CN(c3ncc4ccccc4n3)CC(C1)O2. The van der Waals surface area contributed by atoms with Crippen LogP contribution >= 0.6 is 0 Å². The molecule has 2 saturated heterocycles. The molecular formula is C24H25N7O. The van der Waals surface area contributed by atoms with Crippen LogP contribution in [0, 0.1) is 6.92 Å². The summed E-state index contributed by atoms with van der Waals surface area (Å²) in [6, 6.07) is 14.4. The minimum absolute atomic E-state index is 0.132. The highest BCUT2D eigenvalue weighted by atomic mass is 16.5. The van der Waals surface area contributed by atoms with Crippen LogP contribution in [0.4, 0.5) is 5.95 Å². The van der Waals surface area contributed by atoms with Crippen molar-refractivity contribution < 1.29 is 4.74 Å². The number of rotatable bonds is 4. The third-order valence-electron chi connectivity index (χ3n) is 6.32. The number of morpholine rings is 2. The topological polar surface area (TPSA) is 72.2 Å². The molecule has 32 heavy (non-hydrogen) atoms. The van der Waals surface area contributed by atoms with E-state index in [1.54, 1.807) is 17.2 Å². The quantitative estimate of drug-likeness (QED) is 0.496. The van der Waals surface area contributed by atoms with Gasteiger partial charge >= 0.3 is 0 Å². The molecule has 6 rings (SSSR count). The molecule has 0 aliphatic carbocycles. The number of ether oxygens (including phenoxy) is 1. The maximum atomic E-state index is 6.29. The van der Waals surface area contributed by atoms with Crippen LogP contribution in [0.2, 0.25) is 0 Å². The van der Waals surface area contributed by atoms with Crippen molar-refractivity contribution in [3.63, 3.8) is 0 Å². The van der Waals surface area contributed by atoms with E-state index in [2.05, 4.69) is 50.1 Å². The monoisotopic (exact) mass is 427 g/mol. The van der Waals surface area contributed by atoms with Gasteiger partial charge in [-0.3, -0.25) is 4.90 Å². The Labute approximate surface area is 186 Å². The second kappa shape index (κ2) is 7.96. The maximum Gasteiger partial charge on any atom is 0.226 e. The number of fused-ring (bicyclic) bond motifs is 3. The summed E-state index contributed by atoms with van der Waals surface area (Å²) < 4.78 is 6.29. The van der Waals surface area contributed by atoms with Crippen LogP contribution in [0.5, 0.6) is 0 Å². The molecule has 8 heteroatoms. The van der Waals surface area contributed by atoms with Crippen LogP contribution in [0.3, 0.4) is 0 Å². The summed E-state index contributed by atoms with van der Waals surface area (Å²) in [5, 5.41) is 9.76. The highest BCUT2D eigenvalue weighted by Gasteiger charge is 2.36. The zero-order valence-corrected chi connectivity index (χ0v) is 18.0. The molecule has 2 aliphatic rings. The Morgan fingerprint density at radius 3 is 2.53 bits per heavy atom. The van der Waals surface area contributed by atoms with Crippen molar-refractivity contribution in [2.45, 2.75) is 25.7 Å². The Balaban J connectivity index is 1.20. The number of para-hydroxylation sites is 1. The smallest absolute Gasteiger partial charge is 0.226 e. The first kappa shape index (κ1) is 19.3. The van der Waals surface area contributed by atoms with Gasteiger partial charge in [0, 0.05) is 44.3 Å². The summed E-state index contributed by atoms with van der Waals surface area (Å²) in [4.78, 5) is 15.9. The molecule has 2 fully saturated rings. The van der Waals surface area contributed by atoms with Gasteiger partial charge in [-0.25, -0.2) is 9.97 Å². The van der Waals surface area contributed by atoms with E-state index in [-0.39, 0.29) is 12.2 Å². The van der Waals surface area contributed by atoms with Crippen molar-refractivity contribution in [2.24, 2.45) is 0 Å². The predicted molar refractivity (Wildman–Crippen MR) is 122 cm³/mol. The van der Waals surface area contributed by atoms with Gasteiger partial charge in [-0.2, -0.15) is 15.0 Å². The van der Waals surface area contributed by atoms with Crippen LogP contribution in [0.1, 0.15) is 11.1 Å². The number of benzene rings is 2. The van der Waals surface area contributed by atoms with Gasteiger partial charge in [-0.05, 0) is 30.2 Å². The van der Waals surface area contributed by atoms with Gasteiger partial charge in [0.2, 0.25) is 5.95 Å². The van der Waals surface area contributed by atoms with E-state index in [4.69, 9.17) is 9.72 Å². The highest BCUT2D eigenvalue weighted by molar-refractivity contribution is 5.78. The number of aryl methyl sites for hydroxylation is 1. The third-order valence-corrected chi connectivity index (χ3v) is 6.32. The molecule has 2 unspecified atom stereocenters. The summed E-state index contributed by atoms with van der Waals surface area (Å²) >= 11 is 0. The Hall–Kier alpha value is -3.36. The fraction of sp³-hybridized carbons (Fsp3) is 0.333. The van der Waals surface area contributed by atoms with E-state index in [9.17, 15) is 0 Å². The Morgan fingerprint density at radius 1 is 0.938 bits per heavy atom. The van der Waals surface area contributed by atoms with Crippen LogP contribution in [-0.4, -0.2) is 68.2 Å². The van der Waals surface area contributed by atoms with Crippen molar-refractivity contribution in [1.29, 1.82) is 0 Å². The second-order valence-corrected chi connectivity index (χ2v) is 8.60. The summed E-state index contributed by atoms with van der Waals surface area (Å²) in [5.74, 6) is 0.793. The molecule has 162 valence electrons. The molecule has 0 saturated carbocycles. The van der Waals surface area contributed by atoms with Crippen LogP contribution in [0.15, 0.2) is 61.1 Å². The predicted octanol–water partition coefficient (Wildman–Crippen LogP) is 2.61. The average molecular weight is 428 g/mol. The van der Waals surface area contributed by atoms with Crippen molar-refractivity contribution in [3.05, 3.63) is 72.2 Å². The molecular weight excluding hydrogens is 402 g/mol. The van der Waals surface area contributed by atoms with E-state index in [0.29, 0.717) is 0 Å². The fourth-order valence-corrected chi connectivity index (χ4v) is 4.83. The number of aromatic nitrogens is 5.